The molecular formula is C28H37N3O4. The molecule has 0 atom stereocenters. The van der Waals surface area contributed by atoms with Crippen LogP contribution in [-0.2, 0) is 6.54 Å². The molecule has 0 saturated carbocycles. The van der Waals surface area contributed by atoms with Crippen molar-refractivity contribution in [2.75, 3.05) is 19.7 Å². The summed E-state index contributed by atoms with van der Waals surface area (Å²) in [6, 6.07) is 11.9. The first kappa shape index (κ1) is 25.0. The number of carboxylic acids is 1. The fraction of sp³-hybridized carbons (Fsp3) is 0.500. The predicted octanol–water partition coefficient (Wildman–Crippen LogP) is 5.85. The molecule has 1 N–H and O–H groups in total. The lowest BCUT2D eigenvalue weighted by Gasteiger charge is -2.33. The lowest BCUT2D eigenvalue weighted by molar-refractivity contribution is 0.0697. The molecule has 1 aliphatic heterocycles. The summed E-state index contributed by atoms with van der Waals surface area (Å²) in [6.07, 6.45) is 4.22. The maximum atomic E-state index is 11.3. The van der Waals surface area contributed by atoms with Gasteiger partial charge in [-0.05, 0) is 75.4 Å². The zero-order chi connectivity index (χ0) is 24.9. The van der Waals surface area contributed by atoms with Crippen LogP contribution in [0.3, 0.4) is 0 Å². The van der Waals surface area contributed by atoms with Crippen molar-refractivity contribution in [2.45, 2.75) is 72.1 Å². The number of aryl methyl sites for hydroxylation is 1. The Balaban J connectivity index is 1.43. The van der Waals surface area contributed by atoms with Gasteiger partial charge in [0.25, 0.3) is 0 Å². The van der Waals surface area contributed by atoms with Crippen LogP contribution in [0.2, 0.25) is 0 Å². The minimum Gasteiger partial charge on any atom is -0.490 e. The Bertz CT molecular complexity index is 1160. The number of fused-ring (bicyclic) bond motifs is 1. The predicted molar refractivity (Wildman–Crippen MR) is 138 cm³/mol. The number of imidazole rings is 1. The van der Waals surface area contributed by atoms with Gasteiger partial charge in [-0.3, -0.25) is 4.90 Å². The number of carbonyl (C=O) groups is 1. The number of carboxylic acid groups (broad SMARTS) is 1. The van der Waals surface area contributed by atoms with Gasteiger partial charge in [-0.1, -0.05) is 19.9 Å². The molecule has 188 valence electrons. The van der Waals surface area contributed by atoms with Gasteiger partial charge < -0.3 is 19.1 Å². The van der Waals surface area contributed by atoms with Crippen LogP contribution in [0.5, 0.6) is 11.5 Å². The van der Waals surface area contributed by atoms with Crippen LogP contribution in [0.15, 0.2) is 36.4 Å². The molecule has 1 aromatic heterocycles. The Hall–Kier alpha value is -3.06. The number of hydrogen-bond acceptors (Lipinski definition) is 5. The SMILES string of the molecule is CCOc1cc(CN2CCC(n3c(C)nc4cc(C(=O)O)ccc43)CC2)ccc1OC(CC)CC. The van der Waals surface area contributed by atoms with Crippen molar-refractivity contribution in [3.05, 3.63) is 53.3 Å². The number of rotatable bonds is 10. The maximum absolute atomic E-state index is 11.3. The van der Waals surface area contributed by atoms with E-state index in [1.807, 2.05) is 19.9 Å². The molecule has 7 nitrogen and oxygen atoms in total. The summed E-state index contributed by atoms with van der Waals surface area (Å²) in [5, 5.41) is 9.29. The fourth-order valence-electron chi connectivity index (χ4n) is 5.06. The van der Waals surface area contributed by atoms with Crippen LogP contribution in [0.4, 0.5) is 0 Å². The largest absolute Gasteiger partial charge is 0.490 e. The second kappa shape index (κ2) is 11.1. The van der Waals surface area contributed by atoms with E-state index >= 15 is 0 Å². The van der Waals surface area contributed by atoms with Gasteiger partial charge in [0.05, 0.1) is 29.3 Å². The van der Waals surface area contributed by atoms with Crippen LogP contribution < -0.4 is 9.47 Å². The molecule has 35 heavy (non-hydrogen) atoms. The lowest BCUT2D eigenvalue weighted by atomic mass is 10.0. The molecule has 0 amide bonds. The molecule has 2 heterocycles. The van der Waals surface area contributed by atoms with Crippen molar-refractivity contribution in [3.8, 4) is 11.5 Å². The second-order valence-corrected chi connectivity index (χ2v) is 9.32. The number of likely N-dealkylation sites (tertiary alicyclic amines) is 1. The first-order chi connectivity index (χ1) is 16.9. The summed E-state index contributed by atoms with van der Waals surface area (Å²) in [7, 11) is 0. The lowest BCUT2D eigenvalue weighted by Crippen LogP contribution is -2.34. The number of aromatic carboxylic acids is 1. The summed E-state index contributed by atoms with van der Waals surface area (Å²) in [6.45, 7) is 11.8. The molecule has 1 aliphatic rings. The smallest absolute Gasteiger partial charge is 0.335 e. The average Bonchev–Trinajstić information content (AvgIpc) is 3.19. The number of ether oxygens (including phenoxy) is 2. The summed E-state index contributed by atoms with van der Waals surface area (Å²) >= 11 is 0. The van der Waals surface area contributed by atoms with Crippen molar-refractivity contribution >= 4 is 17.0 Å². The fourth-order valence-corrected chi connectivity index (χ4v) is 5.06. The topological polar surface area (TPSA) is 76.8 Å². The summed E-state index contributed by atoms with van der Waals surface area (Å²) in [4.78, 5) is 18.5. The minimum atomic E-state index is -0.921. The number of hydrogen-bond donors (Lipinski definition) is 1. The van der Waals surface area contributed by atoms with Crippen LogP contribution in [-0.4, -0.2) is 51.3 Å². The summed E-state index contributed by atoms with van der Waals surface area (Å²) in [5.41, 5.74) is 3.28. The van der Waals surface area contributed by atoms with Crippen LogP contribution in [0, 0.1) is 6.92 Å². The van der Waals surface area contributed by atoms with Gasteiger partial charge in [-0.2, -0.15) is 0 Å². The third-order valence-electron chi connectivity index (χ3n) is 6.95. The summed E-state index contributed by atoms with van der Waals surface area (Å²) in [5.74, 6) is 1.68. The van der Waals surface area contributed by atoms with Gasteiger partial charge >= 0.3 is 5.97 Å². The van der Waals surface area contributed by atoms with E-state index in [9.17, 15) is 9.90 Å². The Labute approximate surface area is 207 Å². The molecule has 0 radical (unpaired) electrons. The molecule has 1 saturated heterocycles. The highest BCUT2D eigenvalue weighted by Crippen LogP contribution is 2.33. The van der Waals surface area contributed by atoms with Crippen molar-refractivity contribution in [1.82, 2.24) is 14.5 Å². The van der Waals surface area contributed by atoms with Gasteiger partial charge in [0.1, 0.15) is 5.82 Å². The highest BCUT2D eigenvalue weighted by Gasteiger charge is 2.24. The zero-order valence-corrected chi connectivity index (χ0v) is 21.3. The van der Waals surface area contributed by atoms with E-state index < -0.39 is 5.97 Å². The molecule has 3 aromatic rings. The van der Waals surface area contributed by atoms with E-state index in [2.05, 4.69) is 46.5 Å². The minimum absolute atomic E-state index is 0.206. The number of piperidine rings is 1. The third-order valence-corrected chi connectivity index (χ3v) is 6.95. The van der Waals surface area contributed by atoms with E-state index in [1.165, 1.54) is 5.56 Å². The number of nitrogens with zero attached hydrogens (tertiary/aromatic N) is 3. The average molecular weight is 480 g/mol. The van der Waals surface area contributed by atoms with Crippen LogP contribution >= 0.6 is 0 Å². The number of aromatic nitrogens is 2. The molecule has 0 unspecified atom stereocenters. The van der Waals surface area contributed by atoms with Crippen molar-refractivity contribution in [3.63, 3.8) is 0 Å². The normalized spacial score (nSPS) is 15.1. The Kier molecular flexibility index (Phi) is 7.96. The second-order valence-electron chi connectivity index (χ2n) is 9.32. The third kappa shape index (κ3) is 5.61. The van der Waals surface area contributed by atoms with E-state index in [-0.39, 0.29) is 11.7 Å². The standard InChI is InChI=1S/C28H37N3O4/c1-5-23(6-2)35-26-11-8-20(16-27(26)34-7-3)18-30-14-12-22(13-15-30)31-19(4)29-24-17-21(28(32)33)9-10-25(24)31/h8-11,16-17,22-23H,5-7,12-15,18H2,1-4H3,(H,32,33). The molecule has 2 aromatic carbocycles. The van der Waals surface area contributed by atoms with E-state index in [0.717, 1.165) is 73.7 Å². The molecule has 0 spiro atoms. The zero-order valence-electron chi connectivity index (χ0n) is 21.3. The monoisotopic (exact) mass is 479 g/mol. The first-order valence-corrected chi connectivity index (χ1v) is 12.8. The van der Waals surface area contributed by atoms with E-state index in [4.69, 9.17) is 9.47 Å². The van der Waals surface area contributed by atoms with Gasteiger partial charge in [-0.25, -0.2) is 9.78 Å². The van der Waals surface area contributed by atoms with Crippen LogP contribution in [0.25, 0.3) is 11.0 Å². The summed E-state index contributed by atoms with van der Waals surface area (Å²) < 4.78 is 14.4. The van der Waals surface area contributed by atoms with Crippen molar-refractivity contribution < 1.29 is 19.4 Å². The molecule has 4 rings (SSSR count). The van der Waals surface area contributed by atoms with Gasteiger partial charge in [0.15, 0.2) is 11.5 Å². The highest BCUT2D eigenvalue weighted by molar-refractivity contribution is 5.92. The molecule has 1 fully saturated rings. The maximum Gasteiger partial charge on any atom is 0.335 e. The Morgan fingerprint density at radius 1 is 1.09 bits per heavy atom. The Morgan fingerprint density at radius 3 is 2.49 bits per heavy atom. The van der Waals surface area contributed by atoms with Gasteiger partial charge in [0, 0.05) is 25.7 Å². The Morgan fingerprint density at radius 2 is 1.83 bits per heavy atom. The van der Waals surface area contributed by atoms with Gasteiger partial charge in [-0.15, -0.1) is 0 Å². The van der Waals surface area contributed by atoms with Gasteiger partial charge in [0.2, 0.25) is 0 Å². The number of benzene rings is 2. The van der Waals surface area contributed by atoms with E-state index in [0.29, 0.717) is 12.6 Å². The van der Waals surface area contributed by atoms with E-state index in [1.54, 1.807) is 12.1 Å². The van der Waals surface area contributed by atoms with Crippen molar-refractivity contribution in [1.29, 1.82) is 0 Å². The molecular weight excluding hydrogens is 442 g/mol. The van der Waals surface area contributed by atoms with Crippen molar-refractivity contribution in [2.24, 2.45) is 0 Å². The quantitative estimate of drug-likeness (QED) is 0.393. The molecule has 0 aliphatic carbocycles. The molecule has 7 heteroatoms. The molecule has 0 bridgehead atoms. The highest BCUT2D eigenvalue weighted by atomic mass is 16.5. The van der Waals surface area contributed by atoms with Crippen LogP contribution in [0.1, 0.15) is 74.2 Å². The first-order valence-electron chi connectivity index (χ1n) is 12.8.